The topological polar surface area (TPSA) is 0 Å². The molecule has 0 saturated carbocycles. The molecule has 0 aromatic rings. The van der Waals surface area contributed by atoms with Gasteiger partial charge < -0.3 is 6.92 Å². The van der Waals surface area contributed by atoms with Crippen molar-refractivity contribution in [1.29, 1.82) is 0 Å². The molecule has 0 aliphatic rings. The minimum Gasteiger partial charge on any atom is -0.346 e. The maximum absolute atomic E-state index is 3.25. The van der Waals surface area contributed by atoms with Crippen LogP contribution in [0.1, 0.15) is 74.1 Å². The van der Waals surface area contributed by atoms with Gasteiger partial charge in [-0.05, 0) is 0 Å². The number of unbranched alkanes of at least 4 members (excludes halogenated alkanes) is 2. The van der Waals surface area contributed by atoms with Crippen molar-refractivity contribution in [3.05, 3.63) is 6.92 Å². The zero-order valence-electron chi connectivity index (χ0n) is 11.1. The third kappa shape index (κ3) is 168. The molecule has 0 heterocycles. The van der Waals surface area contributed by atoms with Crippen molar-refractivity contribution in [1.82, 2.24) is 0 Å². The van der Waals surface area contributed by atoms with Crippen molar-refractivity contribution >= 4 is 0 Å². The first-order chi connectivity index (χ1) is 5.83. The van der Waals surface area contributed by atoms with Crippen LogP contribution in [-0.4, -0.2) is 0 Å². The van der Waals surface area contributed by atoms with E-state index in [0.29, 0.717) is 0 Å². The van der Waals surface area contributed by atoms with Gasteiger partial charge in [-0.2, -0.15) is 6.92 Å². The molecule has 0 atom stereocenters. The molecule has 83 valence electrons. The Morgan fingerprint density at radius 1 is 0.615 bits per heavy atom. The molecule has 1 heteroatoms. The second-order valence-corrected chi connectivity index (χ2v) is 2.00. The monoisotopic (exact) mass is 264 g/mol. The Kier molecular flexibility index (Phi) is 166. The summed E-state index contributed by atoms with van der Waals surface area (Å²) in [6.07, 6.45) is 5.28. The van der Waals surface area contributed by atoms with E-state index in [1.165, 1.54) is 25.7 Å². The first kappa shape index (κ1) is 29.2. The zero-order chi connectivity index (χ0) is 10.8. The maximum atomic E-state index is 3.25. The molecule has 13 heavy (non-hydrogen) atoms. The van der Waals surface area contributed by atoms with Crippen LogP contribution in [0.2, 0.25) is 0 Å². The quantitative estimate of drug-likeness (QED) is 0.579. The SMILES string of the molecule is CC.CCCC.CCCC.[CH2-]C.[Y]. The summed E-state index contributed by atoms with van der Waals surface area (Å²) in [5.74, 6) is 0. The number of rotatable bonds is 2. The van der Waals surface area contributed by atoms with Crippen LogP contribution in [0.3, 0.4) is 0 Å². The van der Waals surface area contributed by atoms with E-state index in [9.17, 15) is 0 Å². The Hall–Kier alpha value is 1.10. The molecule has 0 nitrogen and oxygen atoms in total. The van der Waals surface area contributed by atoms with Gasteiger partial charge in [-0.1, -0.05) is 67.2 Å². The van der Waals surface area contributed by atoms with E-state index in [-0.39, 0.29) is 32.7 Å². The van der Waals surface area contributed by atoms with E-state index in [4.69, 9.17) is 0 Å². The van der Waals surface area contributed by atoms with Gasteiger partial charge in [-0.3, -0.25) is 0 Å². The van der Waals surface area contributed by atoms with Crippen molar-refractivity contribution in [2.45, 2.75) is 74.1 Å². The average molecular weight is 264 g/mol. The molecule has 0 bridgehead atoms. The van der Waals surface area contributed by atoms with Crippen LogP contribution < -0.4 is 0 Å². The Bertz CT molecular complexity index is 13.1. The fourth-order valence-electron chi connectivity index (χ4n) is 0. The Balaban J connectivity index is -0.0000000226. The summed E-state index contributed by atoms with van der Waals surface area (Å²) in [5.41, 5.74) is 0. The molecule has 0 spiro atoms. The van der Waals surface area contributed by atoms with Crippen molar-refractivity contribution in [2.24, 2.45) is 0 Å². The van der Waals surface area contributed by atoms with Crippen molar-refractivity contribution in [3.63, 3.8) is 0 Å². The third-order valence-corrected chi connectivity index (χ3v) is 1.000. The average Bonchev–Trinajstić information content (AvgIpc) is 2.23. The van der Waals surface area contributed by atoms with Gasteiger partial charge >= 0.3 is 0 Å². The van der Waals surface area contributed by atoms with Gasteiger partial charge in [0.15, 0.2) is 0 Å². The van der Waals surface area contributed by atoms with Gasteiger partial charge in [-0.25, -0.2) is 0 Å². The number of hydrogen-bond donors (Lipinski definition) is 0. The predicted octanol–water partition coefficient (Wildman–Crippen LogP) is 5.48. The predicted molar refractivity (Wildman–Crippen MR) is 63.5 cm³/mol. The molecule has 0 fully saturated rings. The van der Waals surface area contributed by atoms with Gasteiger partial charge in [-0.15, -0.1) is 0 Å². The van der Waals surface area contributed by atoms with Gasteiger partial charge in [0, 0.05) is 32.7 Å². The first-order valence-corrected chi connectivity index (χ1v) is 5.54. The van der Waals surface area contributed by atoms with Crippen LogP contribution in [-0.2, 0) is 32.7 Å². The summed E-state index contributed by atoms with van der Waals surface area (Å²) in [4.78, 5) is 0. The molecule has 0 saturated heterocycles. The minimum atomic E-state index is 0. The van der Waals surface area contributed by atoms with Gasteiger partial charge in [0.25, 0.3) is 0 Å². The Morgan fingerprint density at radius 3 is 0.692 bits per heavy atom. The maximum Gasteiger partial charge on any atom is 0 e. The molecule has 1 radical (unpaired) electrons. The van der Waals surface area contributed by atoms with Crippen LogP contribution in [0.4, 0.5) is 0 Å². The summed E-state index contributed by atoms with van der Waals surface area (Å²) in [6, 6.07) is 0. The minimum absolute atomic E-state index is 0. The van der Waals surface area contributed by atoms with Crippen LogP contribution in [0, 0.1) is 6.92 Å². The fourth-order valence-corrected chi connectivity index (χ4v) is 0. The molecule has 0 N–H and O–H groups in total. The fraction of sp³-hybridized carbons (Fsp3) is 0.917. The van der Waals surface area contributed by atoms with Crippen LogP contribution in [0.5, 0.6) is 0 Å². The second kappa shape index (κ2) is 73.7. The number of hydrogen-bond acceptors (Lipinski definition) is 0. The van der Waals surface area contributed by atoms with E-state index in [1.807, 2.05) is 13.8 Å². The summed E-state index contributed by atoms with van der Waals surface area (Å²) in [6.45, 7) is 17.7. The van der Waals surface area contributed by atoms with E-state index < -0.39 is 0 Å². The molecular formula is C12H31Y-. The summed E-state index contributed by atoms with van der Waals surface area (Å²) in [7, 11) is 0. The Morgan fingerprint density at radius 2 is 0.692 bits per heavy atom. The zero-order valence-corrected chi connectivity index (χ0v) is 14.0. The van der Waals surface area contributed by atoms with Crippen molar-refractivity contribution < 1.29 is 32.7 Å². The summed E-state index contributed by atoms with van der Waals surface area (Å²) >= 11 is 0. The van der Waals surface area contributed by atoms with Crippen molar-refractivity contribution in [2.75, 3.05) is 0 Å². The van der Waals surface area contributed by atoms with Crippen LogP contribution in [0.15, 0.2) is 0 Å². The van der Waals surface area contributed by atoms with Crippen LogP contribution in [0.25, 0.3) is 0 Å². The third-order valence-electron chi connectivity index (χ3n) is 1.000. The molecule has 0 aromatic heterocycles. The van der Waals surface area contributed by atoms with E-state index in [0.717, 1.165) is 0 Å². The van der Waals surface area contributed by atoms with Crippen LogP contribution >= 0.6 is 0 Å². The standard InChI is InChI=1S/2C4H10.C2H6.C2H5.Y/c2*1-3-4-2;2*1-2;/h2*3-4H2,1-2H3;1-2H3;1H2,2H3;/q;;;-1;. The largest absolute Gasteiger partial charge is 0.346 e. The summed E-state index contributed by atoms with van der Waals surface area (Å²) in [5, 5.41) is 0. The molecule has 0 rings (SSSR count). The van der Waals surface area contributed by atoms with Gasteiger partial charge in [0.1, 0.15) is 0 Å². The normalized spacial score (nSPS) is 5.54. The smallest absolute Gasteiger partial charge is 0 e. The first-order valence-electron chi connectivity index (χ1n) is 5.54. The van der Waals surface area contributed by atoms with E-state index in [1.54, 1.807) is 6.92 Å². The molecular weight excluding hydrogens is 233 g/mol. The van der Waals surface area contributed by atoms with E-state index in [2.05, 4.69) is 34.6 Å². The molecule has 0 aliphatic carbocycles. The summed E-state index contributed by atoms with van der Waals surface area (Å²) < 4.78 is 0. The van der Waals surface area contributed by atoms with Gasteiger partial charge in [0.2, 0.25) is 0 Å². The Labute approximate surface area is 113 Å². The second-order valence-electron chi connectivity index (χ2n) is 2.00. The molecule has 0 aromatic carbocycles. The van der Waals surface area contributed by atoms with Crippen molar-refractivity contribution in [3.8, 4) is 0 Å². The van der Waals surface area contributed by atoms with Gasteiger partial charge in [0.05, 0.1) is 0 Å². The molecule has 0 aliphatic heterocycles. The van der Waals surface area contributed by atoms with E-state index >= 15 is 0 Å². The molecule has 0 amide bonds. The molecule has 0 unspecified atom stereocenters.